The van der Waals surface area contributed by atoms with Gasteiger partial charge in [0.25, 0.3) is 5.91 Å². The number of benzene rings is 1. The van der Waals surface area contributed by atoms with Crippen molar-refractivity contribution in [1.82, 2.24) is 10.2 Å². The van der Waals surface area contributed by atoms with E-state index in [4.69, 9.17) is 27.9 Å². The maximum Gasteiger partial charge on any atom is 0.260 e. The smallest absolute Gasteiger partial charge is 0.260 e. The molecule has 2 rings (SSSR count). The summed E-state index contributed by atoms with van der Waals surface area (Å²) in [5.74, 6) is 0.362. The Morgan fingerprint density at radius 1 is 1.39 bits per heavy atom. The molecule has 0 unspecified atom stereocenters. The van der Waals surface area contributed by atoms with Gasteiger partial charge in [0.05, 0.1) is 5.02 Å². The summed E-state index contributed by atoms with van der Waals surface area (Å²) < 4.78 is 5.65. The molecule has 0 aromatic heterocycles. The number of nitrogens with zero attached hydrogens (tertiary/aromatic N) is 1. The first-order valence-corrected chi connectivity index (χ1v) is 8.89. The lowest BCUT2D eigenvalue weighted by Gasteiger charge is -2.32. The van der Waals surface area contributed by atoms with Gasteiger partial charge in [0, 0.05) is 24.2 Å². The molecule has 1 amide bonds. The van der Waals surface area contributed by atoms with E-state index < -0.39 is 6.10 Å². The summed E-state index contributed by atoms with van der Waals surface area (Å²) in [5, 5.41) is 4.02. The number of amides is 1. The Labute approximate surface area is 148 Å². The highest BCUT2D eigenvalue weighted by Crippen LogP contribution is 2.28. The highest BCUT2D eigenvalue weighted by atomic mass is 35.5. The number of nitrogens with one attached hydrogen (secondary N) is 1. The fraction of sp³-hybridized carbons (Fsp3) is 0.588. The second-order valence-electron chi connectivity index (χ2n) is 5.96. The SMILES string of the molecule is CCCN1CCC(NC(=O)[C@H](C)Oc2ccc(Cl)cc2Cl)CC1. The summed E-state index contributed by atoms with van der Waals surface area (Å²) in [7, 11) is 0. The molecular weight excluding hydrogens is 335 g/mol. The first kappa shape index (κ1) is 18.4. The molecule has 23 heavy (non-hydrogen) atoms. The average molecular weight is 359 g/mol. The Morgan fingerprint density at radius 3 is 2.70 bits per heavy atom. The molecule has 1 N–H and O–H groups in total. The van der Waals surface area contributed by atoms with E-state index >= 15 is 0 Å². The Kier molecular flexibility index (Phi) is 7.00. The fourth-order valence-electron chi connectivity index (χ4n) is 2.75. The van der Waals surface area contributed by atoms with Crippen LogP contribution in [0.15, 0.2) is 18.2 Å². The van der Waals surface area contributed by atoms with Crippen LogP contribution in [0.2, 0.25) is 10.0 Å². The molecule has 1 aromatic carbocycles. The van der Waals surface area contributed by atoms with Crippen molar-refractivity contribution < 1.29 is 9.53 Å². The molecule has 6 heteroatoms. The zero-order valence-electron chi connectivity index (χ0n) is 13.6. The van der Waals surface area contributed by atoms with Crippen molar-refractivity contribution in [2.45, 2.75) is 45.3 Å². The molecule has 1 saturated heterocycles. The summed E-state index contributed by atoms with van der Waals surface area (Å²) in [4.78, 5) is 14.7. The molecule has 1 atom stereocenters. The van der Waals surface area contributed by atoms with Gasteiger partial charge >= 0.3 is 0 Å². The van der Waals surface area contributed by atoms with Gasteiger partial charge in [-0.3, -0.25) is 4.79 Å². The van der Waals surface area contributed by atoms with Crippen molar-refractivity contribution in [3.05, 3.63) is 28.2 Å². The van der Waals surface area contributed by atoms with E-state index in [1.54, 1.807) is 25.1 Å². The quantitative estimate of drug-likeness (QED) is 0.841. The summed E-state index contributed by atoms with van der Waals surface area (Å²) >= 11 is 11.9. The molecule has 0 aliphatic carbocycles. The van der Waals surface area contributed by atoms with Crippen molar-refractivity contribution >= 4 is 29.1 Å². The van der Waals surface area contributed by atoms with Crippen LogP contribution in [0, 0.1) is 0 Å². The number of halogens is 2. The number of likely N-dealkylation sites (tertiary alicyclic amines) is 1. The van der Waals surface area contributed by atoms with Crippen molar-refractivity contribution in [1.29, 1.82) is 0 Å². The van der Waals surface area contributed by atoms with Crippen LogP contribution >= 0.6 is 23.2 Å². The topological polar surface area (TPSA) is 41.6 Å². The van der Waals surface area contributed by atoms with E-state index in [9.17, 15) is 4.79 Å². The standard InChI is InChI=1S/C17H24Cl2N2O2/c1-3-8-21-9-6-14(7-10-21)20-17(22)12(2)23-16-5-4-13(18)11-15(16)19/h4-5,11-12,14H,3,6-10H2,1-2H3,(H,20,22)/t12-/m0/s1. The van der Waals surface area contributed by atoms with Gasteiger partial charge in [-0.2, -0.15) is 0 Å². The molecule has 0 bridgehead atoms. The van der Waals surface area contributed by atoms with E-state index in [0.717, 1.165) is 32.5 Å². The minimum Gasteiger partial charge on any atom is -0.479 e. The summed E-state index contributed by atoms with van der Waals surface area (Å²) in [6.45, 7) is 7.13. The molecule has 0 radical (unpaired) electrons. The van der Waals surface area contributed by atoms with E-state index in [1.165, 1.54) is 6.42 Å². The summed E-state index contributed by atoms with van der Waals surface area (Å²) in [6.07, 6.45) is 2.55. The number of hydrogen-bond acceptors (Lipinski definition) is 3. The van der Waals surface area contributed by atoms with Gasteiger partial charge < -0.3 is 15.0 Å². The van der Waals surface area contributed by atoms with Gasteiger partial charge in [-0.05, 0) is 50.9 Å². The first-order valence-electron chi connectivity index (χ1n) is 8.14. The van der Waals surface area contributed by atoms with Crippen LogP contribution in [0.5, 0.6) is 5.75 Å². The van der Waals surface area contributed by atoms with E-state index in [0.29, 0.717) is 15.8 Å². The normalized spacial score (nSPS) is 17.7. The van der Waals surface area contributed by atoms with Crippen molar-refractivity contribution in [3.63, 3.8) is 0 Å². The summed E-state index contributed by atoms with van der Waals surface area (Å²) in [5.41, 5.74) is 0. The lowest BCUT2D eigenvalue weighted by molar-refractivity contribution is -0.128. The van der Waals surface area contributed by atoms with Gasteiger partial charge in [-0.25, -0.2) is 0 Å². The third-order valence-electron chi connectivity index (χ3n) is 4.04. The molecule has 1 aliphatic heterocycles. The van der Waals surface area contributed by atoms with Gasteiger partial charge in [-0.15, -0.1) is 0 Å². The van der Waals surface area contributed by atoms with Crippen molar-refractivity contribution in [2.24, 2.45) is 0 Å². The van der Waals surface area contributed by atoms with E-state index in [1.807, 2.05) is 0 Å². The number of ether oxygens (including phenoxy) is 1. The Bertz CT molecular complexity index is 531. The molecular formula is C17H24Cl2N2O2. The molecule has 4 nitrogen and oxygen atoms in total. The predicted octanol–water partition coefficient (Wildman–Crippen LogP) is 3.75. The lowest BCUT2D eigenvalue weighted by Crippen LogP contribution is -2.48. The van der Waals surface area contributed by atoms with Crippen LogP contribution in [0.4, 0.5) is 0 Å². The Balaban J connectivity index is 1.81. The van der Waals surface area contributed by atoms with E-state index in [-0.39, 0.29) is 11.9 Å². The second-order valence-corrected chi connectivity index (χ2v) is 6.80. The van der Waals surface area contributed by atoms with Crippen molar-refractivity contribution in [2.75, 3.05) is 19.6 Å². The first-order chi connectivity index (χ1) is 11.0. The third-order valence-corrected chi connectivity index (χ3v) is 4.57. The minimum atomic E-state index is -0.595. The summed E-state index contributed by atoms with van der Waals surface area (Å²) in [6, 6.07) is 5.20. The minimum absolute atomic E-state index is 0.107. The Morgan fingerprint density at radius 2 is 2.09 bits per heavy atom. The zero-order chi connectivity index (χ0) is 16.8. The highest BCUT2D eigenvalue weighted by Gasteiger charge is 2.23. The third kappa shape index (κ3) is 5.55. The monoisotopic (exact) mass is 358 g/mol. The maximum atomic E-state index is 12.3. The molecule has 128 valence electrons. The van der Waals surface area contributed by atoms with Crippen molar-refractivity contribution in [3.8, 4) is 5.75 Å². The van der Waals surface area contributed by atoms with Crippen LogP contribution < -0.4 is 10.1 Å². The zero-order valence-corrected chi connectivity index (χ0v) is 15.2. The molecule has 1 aromatic rings. The number of piperidine rings is 1. The molecule has 1 heterocycles. The second kappa shape index (κ2) is 8.76. The van der Waals surface area contributed by atoms with Crippen LogP contribution in [0.1, 0.15) is 33.1 Å². The fourth-order valence-corrected chi connectivity index (χ4v) is 3.20. The maximum absolute atomic E-state index is 12.3. The van der Waals surface area contributed by atoms with Gasteiger partial charge in [0.1, 0.15) is 5.75 Å². The molecule has 1 aliphatic rings. The molecule has 0 saturated carbocycles. The highest BCUT2D eigenvalue weighted by molar-refractivity contribution is 6.35. The number of hydrogen-bond donors (Lipinski definition) is 1. The number of rotatable bonds is 6. The molecule has 0 spiro atoms. The lowest BCUT2D eigenvalue weighted by atomic mass is 10.0. The largest absolute Gasteiger partial charge is 0.479 e. The number of carbonyl (C=O) groups is 1. The predicted molar refractivity (Wildman–Crippen MR) is 94.4 cm³/mol. The van der Waals surface area contributed by atoms with E-state index in [2.05, 4.69) is 17.1 Å². The van der Waals surface area contributed by atoms with Crippen LogP contribution in [-0.2, 0) is 4.79 Å². The van der Waals surface area contributed by atoms with Gasteiger partial charge in [0.15, 0.2) is 6.10 Å². The van der Waals surface area contributed by atoms with Gasteiger partial charge in [0.2, 0.25) is 0 Å². The van der Waals surface area contributed by atoms with Gasteiger partial charge in [-0.1, -0.05) is 30.1 Å². The Hall–Kier alpha value is -0.970. The van der Waals surface area contributed by atoms with Crippen LogP contribution in [0.3, 0.4) is 0 Å². The average Bonchev–Trinajstić information content (AvgIpc) is 2.52. The van der Waals surface area contributed by atoms with Crippen LogP contribution in [-0.4, -0.2) is 42.6 Å². The molecule has 1 fully saturated rings. The van der Waals surface area contributed by atoms with Crippen LogP contribution in [0.25, 0.3) is 0 Å². The number of carbonyl (C=O) groups excluding carboxylic acids is 1.